The van der Waals surface area contributed by atoms with Gasteiger partial charge < -0.3 is 10.2 Å². The predicted molar refractivity (Wildman–Crippen MR) is 96.8 cm³/mol. The lowest BCUT2D eigenvalue weighted by Gasteiger charge is -2.33. The quantitative estimate of drug-likeness (QED) is 0.916. The molecule has 0 saturated carbocycles. The molecule has 0 aromatic heterocycles. The molecule has 4 heteroatoms. The van der Waals surface area contributed by atoms with Crippen LogP contribution in [0, 0.1) is 0 Å². The lowest BCUT2D eigenvalue weighted by molar-refractivity contribution is -0.132. The van der Waals surface area contributed by atoms with Crippen LogP contribution in [0.3, 0.4) is 0 Å². The molecule has 1 aliphatic rings. The second-order valence-corrected chi connectivity index (χ2v) is 6.25. The van der Waals surface area contributed by atoms with Gasteiger partial charge in [0.25, 0.3) is 0 Å². The van der Waals surface area contributed by atoms with E-state index in [2.05, 4.69) is 34.5 Å². The van der Waals surface area contributed by atoms with E-state index in [0.717, 1.165) is 37.3 Å². The zero-order valence-corrected chi connectivity index (χ0v) is 14.2. The first-order chi connectivity index (χ1) is 11.8. The van der Waals surface area contributed by atoms with E-state index in [9.17, 15) is 4.79 Å². The van der Waals surface area contributed by atoms with Crippen LogP contribution < -0.4 is 5.32 Å². The minimum atomic E-state index is -0.0529. The van der Waals surface area contributed by atoms with Crippen LogP contribution in [0.1, 0.15) is 17.2 Å². The number of rotatable bonds is 5. The maximum atomic E-state index is 12.9. The number of likely N-dealkylation sites (N-methyl/N-ethyl adjacent to an activating group) is 1. The molecule has 0 bridgehead atoms. The summed E-state index contributed by atoms with van der Waals surface area (Å²) in [6.45, 7) is 4.26. The van der Waals surface area contributed by atoms with Crippen LogP contribution in [0.25, 0.3) is 0 Å². The molecule has 24 heavy (non-hydrogen) atoms. The first kappa shape index (κ1) is 16.7. The van der Waals surface area contributed by atoms with E-state index in [1.165, 1.54) is 0 Å². The van der Waals surface area contributed by atoms with E-state index in [0.29, 0.717) is 6.54 Å². The first-order valence-electron chi connectivity index (χ1n) is 8.54. The van der Waals surface area contributed by atoms with Gasteiger partial charge in [0.15, 0.2) is 0 Å². The third kappa shape index (κ3) is 4.02. The second kappa shape index (κ2) is 8.08. The third-order valence-corrected chi connectivity index (χ3v) is 4.58. The molecule has 1 amide bonds. The summed E-state index contributed by atoms with van der Waals surface area (Å²) in [5.74, 6) is 0.162. The molecule has 1 fully saturated rings. The van der Waals surface area contributed by atoms with Gasteiger partial charge >= 0.3 is 0 Å². The van der Waals surface area contributed by atoms with Crippen molar-refractivity contribution in [2.24, 2.45) is 0 Å². The lowest BCUT2D eigenvalue weighted by Crippen LogP contribution is -2.48. The molecule has 0 unspecified atom stereocenters. The molecule has 0 aliphatic carbocycles. The topological polar surface area (TPSA) is 35.6 Å². The van der Waals surface area contributed by atoms with Crippen molar-refractivity contribution < 1.29 is 4.79 Å². The van der Waals surface area contributed by atoms with Crippen LogP contribution in [0.15, 0.2) is 60.7 Å². The summed E-state index contributed by atoms with van der Waals surface area (Å²) < 4.78 is 0. The fourth-order valence-electron chi connectivity index (χ4n) is 3.23. The molecule has 1 N–H and O–H groups in total. The fraction of sp³-hybridized carbons (Fsp3) is 0.350. The Kier molecular flexibility index (Phi) is 5.62. The van der Waals surface area contributed by atoms with Crippen molar-refractivity contribution in [3.05, 3.63) is 71.8 Å². The summed E-state index contributed by atoms with van der Waals surface area (Å²) in [7, 11) is 1.91. The Balaban J connectivity index is 1.80. The zero-order valence-electron chi connectivity index (χ0n) is 14.2. The normalized spacial score (nSPS) is 15.4. The van der Waals surface area contributed by atoms with Crippen LogP contribution in [0.2, 0.25) is 0 Å². The minimum absolute atomic E-state index is 0.0529. The molecular weight excluding hydrogens is 298 g/mol. The van der Waals surface area contributed by atoms with Gasteiger partial charge in [-0.25, -0.2) is 0 Å². The molecule has 0 radical (unpaired) electrons. The van der Waals surface area contributed by atoms with E-state index in [4.69, 9.17) is 0 Å². The van der Waals surface area contributed by atoms with Crippen LogP contribution in [0.5, 0.6) is 0 Å². The van der Waals surface area contributed by atoms with Crippen molar-refractivity contribution in [3.8, 4) is 0 Å². The Labute approximate surface area is 144 Å². The summed E-state index contributed by atoms with van der Waals surface area (Å²) in [4.78, 5) is 17.0. The highest BCUT2D eigenvalue weighted by atomic mass is 16.2. The van der Waals surface area contributed by atoms with E-state index >= 15 is 0 Å². The molecule has 0 spiro atoms. The fourth-order valence-corrected chi connectivity index (χ4v) is 3.23. The van der Waals surface area contributed by atoms with Crippen LogP contribution in [-0.4, -0.2) is 55.5 Å². The number of carbonyl (C=O) groups is 1. The number of amides is 1. The Morgan fingerprint density at radius 3 is 2.00 bits per heavy atom. The number of hydrogen-bond donors (Lipinski definition) is 1. The summed E-state index contributed by atoms with van der Waals surface area (Å²) >= 11 is 0. The Morgan fingerprint density at radius 2 is 1.50 bits per heavy atom. The van der Waals surface area contributed by atoms with Gasteiger partial charge in [0, 0.05) is 33.2 Å². The molecule has 2 aromatic carbocycles. The monoisotopic (exact) mass is 323 g/mol. The van der Waals surface area contributed by atoms with Crippen molar-refractivity contribution in [1.29, 1.82) is 0 Å². The van der Waals surface area contributed by atoms with E-state index in [-0.39, 0.29) is 11.9 Å². The lowest BCUT2D eigenvalue weighted by atomic mass is 9.97. The van der Waals surface area contributed by atoms with E-state index in [1.807, 2.05) is 48.3 Å². The van der Waals surface area contributed by atoms with Crippen molar-refractivity contribution in [3.63, 3.8) is 0 Å². The summed E-state index contributed by atoms with van der Waals surface area (Å²) in [5, 5.41) is 3.33. The number of benzene rings is 2. The number of hydrogen-bond acceptors (Lipinski definition) is 3. The molecular formula is C20H25N3O. The van der Waals surface area contributed by atoms with Gasteiger partial charge in [-0.1, -0.05) is 60.7 Å². The highest BCUT2D eigenvalue weighted by Crippen LogP contribution is 2.27. The largest absolute Gasteiger partial charge is 0.334 e. The summed E-state index contributed by atoms with van der Waals surface area (Å²) in [6.07, 6.45) is 0. The zero-order chi connectivity index (χ0) is 16.8. The number of nitrogens with one attached hydrogen (secondary N) is 1. The number of piperazine rings is 1. The Bertz CT molecular complexity index is 599. The highest BCUT2D eigenvalue weighted by molar-refractivity contribution is 5.79. The van der Waals surface area contributed by atoms with E-state index in [1.54, 1.807) is 0 Å². The molecule has 1 saturated heterocycles. The van der Waals surface area contributed by atoms with Crippen molar-refractivity contribution in [2.75, 3.05) is 39.8 Å². The van der Waals surface area contributed by atoms with Gasteiger partial charge in [-0.05, 0) is 11.1 Å². The summed E-state index contributed by atoms with van der Waals surface area (Å²) in [6, 6.07) is 20.4. The van der Waals surface area contributed by atoms with Gasteiger partial charge in [0.2, 0.25) is 5.91 Å². The maximum absolute atomic E-state index is 12.9. The van der Waals surface area contributed by atoms with Gasteiger partial charge in [0.1, 0.15) is 0 Å². The van der Waals surface area contributed by atoms with Gasteiger partial charge in [-0.2, -0.15) is 0 Å². The van der Waals surface area contributed by atoms with Crippen LogP contribution >= 0.6 is 0 Å². The molecule has 1 aliphatic heterocycles. The third-order valence-electron chi connectivity index (χ3n) is 4.58. The standard InChI is InChI=1S/C20H25N3O/c1-22(19(24)16-23-14-12-21-13-15-23)20(17-8-4-2-5-9-17)18-10-6-3-7-11-18/h2-11,20-21H,12-16H2,1H3. The number of carbonyl (C=O) groups excluding carboxylic acids is 1. The Morgan fingerprint density at radius 1 is 1.00 bits per heavy atom. The average Bonchev–Trinajstić information content (AvgIpc) is 2.64. The van der Waals surface area contributed by atoms with Crippen LogP contribution in [-0.2, 0) is 4.79 Å². The van der Waals surface area contributed by atoms with Gasteiger partial charge in [-0.15, -0.1) is 0 Å². The molecule has 4 nitrogen and oxygen atoms in total. The Hall–Kier alpha value is -2.17. The SMILES string of the molecule is CN(C(=O)CN1CCNCC1)C(c1ccccc1)c1ccccc1. The minimum Gasteiger partial charge on any atom is -0.334 e. The smallest absolute Gasteiger partial charge is 0.237 e. The van der Waals surface area contributed by atoms with Crippen molar-refractivity contribution >= 4 is 5.91 Å². The second-order valence-electron chi connectivity index (χ2n) is 6.25. The summed E-state index contributed by atoms with van der Waals surface area (Å²) in [5.41, 5.74) is 2.28. The van der Waals surface area contributed by atoms with Crippen molar-refractivity contribution in [1.82, 2.24) is 15.1 Å². The predicted octanol–water partition coefficient (Wildman–Crippen LogP) is 2.14. The van der Waals surface area contributed by atoms with Gasteiger partial charge in [0.05, 0.1) is 12.6 Å². The van der Waals surface area contributed by atoms with Gasteiger partial charge in [-0.3, -0.25) is 9.69 Å². The molecule has 3 rings (SSSR count). The first-order valence-corrected chi connectivity index (χ1v) is 8.54. The molecule has 1 heterocycles. The van der Waals surface area contributed by atoms with Crippen LogP contribution in [0.4, 0.5) is 0 Å². The molecule has 2 aromatic rings. The molecule has 0 atom stereocenters. The van der Waals surface area contributed by atoms with Crippen molar-refractivity contribution in [2.45, 2.75) is 6.04 Å². The highest BCUT2D eigenvalue weighted by Gasteiger charge is 2.25. The number of nitrogens with zero attached hydrogens (tertiary/aromatic N) is 2. The molecule has 126 valence electrons. The average molecular weight is 323 g/mol. The maximum Gasteiger partial charge on any atom is 0.237 e. The van der Waals surface area contributed by atoms with E-state index < -0.39 is 0 Å².